The van der Waals surface area contributed by atoms with Crippen LogP contribution in [0.1, 0.15) is 31.4 Å². The van der Waals surface area contributed by atoms with Gasteiger partial charge in [0.05, 0.1) is 4.90 Å². The molecule has 0 amide bonds. The Morgan fingerprint density at radius 2 is 2.14 bits per heavy atom. The molecular formula is C16H24N2O2S. The summed E-state index contributed by atoms with van der Waals surface area (Å²) < 4.78 is 27.6. The van der Waals surface area contributed by atoms with Crippen LogP contribution in [0.25, 0.3) is 0 Å². The van der Waals surface area contributed by atoms with Crippen molar-refractivity contribution in [2.45, 2.75) is 38.1 Å². The second kappa shape index (κ2) is 5.71. The molecule has 0 bridgehead atoms. The summed E-state index contributed by atoms with van der Waals surface area (Å²) in [4.78, 5) is 0.533. The summed E-state index contributed by atoms with van der Waals surface area (Å²) in [7, 11) is -3.34. The molecule has 5 heteroatoms. The zero-order chi connectivity index (χ0) is 15.0. The van der Waals surface area contributed by atoms with Crippen molar-refractivity contribution < 1.29 is 8.42 Å². The molecule has 4 nitrogen and oxygen atoms in total. The van der Waals surface area contributed by atoms with Gasteiger partial charge in [-0.3, -0.25) is 0 Å². The summed E-state index contributed by atoms with van der Waals surface area (Å²) >= 11 is 0. The zero-order valence-corrected chi connectivity index (χ0v) is 13.6. The van der Waals surface area contributed by atoms with Gasteiger partial charge in [0.1, 0.15) is 0 Å². The lowest BCUT2D eigenvalue weighted by Gasteiger charge is -2.24. The lowest BCUT2D eigenvalue weighted by Crippen LogP contribution is -2.32. The standard InChI is InChI=1S/C16H24N2O2S/c1-12(2)14-7-9-18(11-14)21(19,20)16-5-3-4-13-10-17-8-6-15(13)16/h3-5,12,14,17H,6-11H2,1-2H3. The maximum absolute atomic E-state index is 13.0. The number of nitrogens with zero attached hydrogens (tertiary/aromatic N) is 1. The third kappa shape index (κ3) is 2.74. The van der Waals surface area contributed by atoms with Crippen molar-refractivity contribution in [1.82, 2.24) is 9.62 Å². The van der Waals surface area contributed by atoms with E-state index in [0.29, 0.717) is 29.8 Å². The Bertz CT molecular complexity index is 625. The quantitative estimate of drug-likeness (QED) is 0.929. The van der Waals surface area contributed by atoms with Crippen LogP contribution in [0.2, 0.25) is 0 Å². The Labute approximate surface area is 127 Å². The van der Waals surface area contributed by atoms with E-state index in [4.69, 9.17) is 0 Å². The van der Waals surface area contributed by atoms with Gasteiger partial charge in [-0.05, 0) is 48.4 Å². The molecule has 1 N–H and O–H groups in total. The van der Waals surface area contributed by atoms with Gasteiger partial charge < -0.3 is 5.32 Å². The molecule has 21 heavy (non-hydrogen) atoms. The molecule has 116 valence electrons. The van der Waals surface area contributed by atoms with Crippen LogP contribution in [0, 0.1) is 11.8 Å². The largest absolute Gasteiger partial charge is 0.312 e. The molecule has 2 aliphatic rings. The average molecular weight is 308 g/mol. The summed E-state index contributed by atoms with van der Waals surface area (Å²) in [6.45, 7) is 7.31. The topological polar surface area (TPSA) is 49.4 Å². The minimum Gasteiger partial charge on any atom is -0.312 e. The summed E-state index contributed by atoms with van der Waals surface area (Å²) in [5.74, 6) is 1.03. The van der Waals surface area contributed by atoms with Crippen LogP contribution in [0.4, 0.5) is 0 Å². The Morgan fingerprint density at radius 1 is 1.33 bits per heavy atom. The Hall–Kier alpha value is -0.910. The molecule has 0 saturated carbocycles. The van der Waals surface area contributed by atoms with E-state index in [1.54, 1.807) is 10.4 Å². The maximum atomic E-state index is 13.0. The van der Waals surface area contributed by atoms with E-state index < -0.39 is 10.0 Å². The molecule has 1 unspecified atom stereocenters. The van der Waals surface area contributed by atoms with Gasteiger partial charge in [-0.1, -0.05) is 26.0 Å². The molecule has 1 atom stereocenters. The summed E-state index contributed by atoms with van der Waals surface area (Å²) in [5, 5.41) is 3.30. The number of nitrogens with one attached hydrogen (secondary N) is 1. The second-order valence-electron chi connectivity index (χ2n) is 6.48. The van der Waals surface area contributed by atoms with Gasteiger partial charge in [-0.2, -0.15) is 4.31 Å². The van der Waals surface area contributed by atoms with Gasteiger partial charge in [0, 0.05) is 19.6 Å². The van der Waals surface area contributed by atoms with Gasteiger partial charge >= 0.3 is 0 Å². The highest BCUT2D eigenvalue weighted by Gasteiger charge is 2.35. The number of benzene rings is 1. The number of rotatable bonds is 3. The zero-order valence-electron chi connectivity index (χ0n) is 12.8. The summed E-state index contributed by atoms with van der Waals surface area (Å²) in [5.41, 5.74) is 2.14. The molecule has 1 aromatic rings. The van der Waals surface area contributed by atoms with Gasteiger partial charge in [-0.15, -0.1) is 0 Å². The smallest absolute Gasteiger partial charge is 0.243 e. The Morgan fingerprint density at radius 3 is 2.86 bits per heavy atom. The lowest BCUT2D eigenvalue weighted by atomic mass is 9.96. The van der Waals surface area contributed by atoms with Crippen molar-refractivity contribution in [1.29, 1.82) is 0 Å². The van der Waals surface area contributed by atoms with Crippen molar-refractivity contribution in [3.8, 4) is 0 Å². The molecule has 1 aromatic carbocycles. The number of fused-ring (bicyclic) bond motifs is 1. The molecule has 0 radical (unpaired) electrons. The van der Waals surface area contributed by atoms with E-state index in [-0.39, 0.29) is 0 Å². The molecule has 2 aliphatic heterocycles. The molecule has 0 aromatic heterocycles. The molecule has 0 aliphatic carbocycles. The predicted molar refractivity (Wildman–Crippen MR) is 83.6 cm³/mol. The van der Waals surface area contributed by atoms with Gasteiger partial charge in [0.2, 0.25) is 10.0 Å². The highest BCUT2D eigenvalue weighted by Crippen LogP contribution is 2.31. The monoisotopic (exact) mass is 308 g/mol. The first-order valence-corrected chi connectivity index (χ1v) is 9.26. The first kappa shape index (κ1) is 15.0. The van der Waals surface area contributed by atoms with E-state index in [1.165, 1.54) is 0 Å². The Kier molecular flexibility index (Phi) is 4.08. The van der Waals surface area contributed by atoms with E-state index in [9.17, 15) is 8.42 Å². The second-order valence-corrected chi connectivity index (χ2v) is 8.38. The van der Waals surface area contributed by atoms with Crippen molar-refractivity contribution in [2.24, 2.45) is 11.8 Å². The fourth-order valence-electron chi connectivity index (χ4n) is 3.39. The third-order valence-corrected chi connectivity index (χ3v) is 6.80. The van der Waals surface area contributed by atoms with Crippen molar-refractivity contribution in [3.63, 3.8) is 0 Å². The van der Waals surface area contributed by atoms with E-state index in [1.807, 2.05) is 12.1 Å². The predicted octanol–water partition coefficient (Wildman–Crippen LogP) is 2.00. The van der Waals surface area contributed by atoms with Gasteiger partial charge in [0.25, 0.3) is 0 Å². The number of hydrogen-bond donors (Lipinski definition) is 1. The fraction of sp³-hybridized carbons (Fsp3) is 0.625. The van der Waals surface area contributed by atoms with Gasteiger partial charge in [0.15, 0.2) is 0 Å². The van der Waals surface area contributed by atoms with Crippen LogP contribution in [0.5, 0.6) is 0 Å². The molecule has 1 saturated heterocycles. The first-order valence-electron chi connectivity index (χ1n) is 7.82. The van der Waals surface area contributed by atoms with Crippen LogP contribution < -0.4 is 5.32 Å². The Balaban J connectivity index is 1.93. The minimum atomic E-state index is -3.34. The average Bonchev–Trinajstić information content (AvgIpc) is 2.97. The number of hydrogen-bond acceptors (Lipinski definition) is 3. The van der Waals surface area contributed by atoms with E-state index in [2.05, 4.69) is 19.2 Å². The molecular weight excluding hydrogens is 284 g/mol. The summed E-state index contributed by atoms with van der Waals surface area (Å²) in [6, 6.07) is 5.68. The maximum Gasteiger partial charge on any atom is 0.243 e. The van der Waals surface area contributed by atoms with Crippen molar-refractivity contribution in [2.75, 3.05) is 19.6 Å². The highest BCUT2D eigenvalue weighted by atomic mass is 32.2. The highest BCUT2D eigenvalue weighted by molar-refractivity contribution is 7.89. The van der Waals surface area contributed by atoms with Crippen molar-refractivity contribution in [3.05, 3.63) is 29.3 Å². The van der Waals surface area contributed by atoms with Crippen LogP contribution in [-0.2, 0) is 23.0 Å². The van der Waals surface area contributed by atoms with Crippen LogP contribution >= 0.6 is 0 Å². The molecule has 0 spiro atoms. The normalized spacial score (nSPS) is 23.5. The van der Waals surface area contributed by atoms with Gasteiger partial charge in [-0.25, -0.2) is 8.42 Å². The van der Waals surface area contributed by atoms with Crippen LogP contribution in [0.3, 0.4) is 0 Å². The third-order valence-electron chi connectivity index (χ3n) is 4.85. The fourth-order valence-corrected chi connectivity index (χ4v) is 5.20. The summed E-state index contributed by atoms with van der Waals surface area (Å²) in [6.07, 6.45) is 1.78. The van der Waals surface area contributed by atoms with Crippen molar-refractivity contribution >= 4 is 10.0 Å². The molecule has 1 fully saturated rings. The first-order chi connectivity index (χ1) is 10.00. The van der Waals surface area contributed by atoms with E-state index in [0.717, 1.165) is 37.1 Å². The minimum absolute atomic E-state index is 0.487. The lowest BCUT2D eigenvalue weighted by molar-refractivity contribution is 0.388. The van der Waals surface area contributed by atoms with Crippen LogP contribution in [-0.4, -0.2) is 32.4 Å². The van der Waals surface area contributed by atoms with E-state index >= 15 is 0 Å². The SMILES string of the molecule is CC(C)C1CCN(S(=O)(=O)c2cccc3c2CCNC3)C1. The molecule has 2 heterocycles. The molecule has 3 rings (SSSR count). The number of sulfonamides is 1. The van der Waals surface area contributed by atoms with Crippen LogP contribution in [0.15, 0.2) is 23.1 Å².